The van der Waals surface area contributed by atoms with E-state index in [0.29, 0.717) is 24.1 Å². The molecule has 4 rings (SSSR count). The van der Waals surface area contributed by atoms with E-state index < -0.39 is 11.8 Å². The fourth-order valence-electron chi connectivity index (χ4n) is 2.79. The second kappa shape index (κ2) is 7.82. The van der Waals surface area contributed by atoms with Gasteiger partial charge in [0.15, 0.2) is 5.65 Å². The number of carbonyl (C=O) groups is 1. The monoisotopic (exact) mass is 410 g/mol. The van der Waals surface area contributed by atoms with Gasteiger partial charge < -0.3 is 10.1 Å². The van der Waals surface area contributed by atoms with Gasteiger partial charge >= 0.3 is 5.92 Å². The van der Waals surface area contributed by atoms with E-state index in [2.05, 4.69) is 25.7 Å². The molecule has 0 atom stereocenters. The van der Waals surface area contributed by atoms with Crippen LogP contribution in [0, 0.1) is 0 Å². The van der Waals surface area contributed by atoms with Gasteiger partial charge in [-0.05, 0) is 29.5 Å². The van der Waals surface area contributed by atoms with E-state index in [-0.39, 0.29) is 12.4 Å². The summed E-state index contributed by atoms with van der Waals surface area (Å²) in [6.45, 7) is 0.561. The predicted octanol–water partition coefficient (Wildman–Crippen LogP) is 3.38. The lowest BCUT2D eigenvalue weighted by molar-refractivity contribution is -0.137. The maximum Gasteiger partial charge on any atom is 0.322 e. The third-order valence-corrected chi connectivity index (χ3v) is 4.19. The summed E-state index contributed by atoms with van der Waals surface area (Å²) in [5.74, 6) is -4.43. The molecule has 152 valence electrons. The van der Waals surface area contributed by atoms with Gasteiger partial charge in [0.05, 0.1) is 17.6 Å². The Kier molecular flexibility index (Phi) is 5.05. The lowest BCUT2D eigenvalue weighted by Crippen LogP contribution is -2.31. The first kappa shape index (κ1) is 19.4. The maximum absolute atomic E-state index is 13.1. The Morgan fingerprint density at radius 1 is 1.17 bits per heavy atom. The van der Waals surface area contributed by atoms with Gasteiger partial charge in [0.1, 0.15) is 12.4 Å². The highest BCUT2D eigenvalue weighted by molar-refractivity contribution is 5.94. The largest absolute Gasteiger partial charge is 0.472 e. The van der Waals surface area contributed by atoms with Crippen molar-refractivity contribution in [2.24, 2.45) is 0 Å². The van der Waals surface area contributed by atoms with Crippen LogP contribution in [0.3, 0.4) is 0 Å². The molecule has 3 aromatic heterocycles. The molecule has 1 amide bonds. The second-order valence-corrected chi connectivity index (χ2v) is 6.51. The summed E-state index contributed by atoms with van der Waals surface area (Å²) >= 11 is 0. The Hall–Kier alpha value is -3.95. The first-order valence-corrected chi connectivity index (χ1v) is 8.95. The number of halogens is 2. The third kappa shape index (κ3) is 4.07. The van der Waals surface area contributed by atoms with Gasteiger partial charge in [0.2, 0.25) is 5.88 Å². The molecule has 1 N–H and O–H groups in total. The van der Waals surface area contributed by atoms with Gasteiger partial charge in [-0.2, -0.15) is 8.78 Å². The van der Waals surface area contributed by atoms with Gasteiger partial charge in [-0.25, -0.2) is 4.98 Å². The quantitative estimate of drug-likeness (QED) is 0.524. The number of anilines is 1. The summed E-state index contributed by atoms with van der Waals surface area (Å²) in [7, 11) is 0. The summed E-state index contributed by atoms with van der Waals surface area (Å²) < 4.78 is 33.9. The van der Waals surface area contributed by atoms with E-state index >= 15 is 0 Å². The molecule has 8 nitrogen and oxygen atoms in total. The number of benzene rings is 1. The van der Waals surface area contributed by atoms with E-state index in [4.69, 9.17) is 4.74 Å². The summed E-state index contributed by atoms with van der Waals surface area (Å²) in [6.07, 6.45) is 1.58. The van der Waals surface area contributed by atoms with Crippen LogP contribution in [-0.4, -0.2) is 36.8 Å². The molecule has 0 aliphatic rings. The average Bonchev–Trinajstić information content (AvgIpc) is 3.11. The summed E-state index contributed by atoms with van der Waals surface area (Å²) in [6, 6.07) is 15.9. The van der Waals surface area contributed by atoms with Crippen LogP contribution in [0.4, 0.5) is 14.6 Å². The van der Waals surface area contributed by atoms with E-state index in [1.165, 1.54) is 6.07 Å². The second-order valence-electron chi connectivity index (χ2n) is 6.51. The van der Waals surface area contributed by atoms with Crippen molar-refractivity contribution in [1.82, 2.24) is 25.0 Å². The number of hydrogen-bond donors (Lipinski definition) is 1. The summed E-state index contributed by atoms with van der Waals surface area (Å²) in [4.78, 5) is 15.6. The molecule has 0 bridgehead atoms. The lowest BCUT2D eigenvalue weighted by atomic mass is 10.3. The fraction of sp³-hybridized carbons (Fsp3) is 0.150. The highest BCUT2D eigenvalue weighted by atomic mass is 19.3. The molecular weight excluding hydrogens is 394 g/mol. The molecule has 3 heterocycles. The number of hydrogen-bond acceptors (Lipinski definition) is 6. The number of alkyl halides is 2. The first-order chi connectivity index (χ1) is 14.4. The van der Waals surface area contributed by atoms with E-state index in [0.717, 1.165) is 11.1 Å². The smallest absolute Gasteiger partial charge is 0.322 e. The summed E-state index contributed by atoms with van der Waals surface area (Å²) in [5, 5.41) is 14.4. The maximum atomic E-state index is 13.1. The van der Waals surface area contributed by atoms with Crippen LogP contribution in [-0.2, 0) is 11.4 Å². The molecule has 1 aromatic carbocycles. The number of fused-ring (bicyclic) bond motifs is 1. The number of para-hydroxylation sites is 1. The van der Waals surface area contributed by atoms with E-state index in [9.17, 15) is 13.6 Å². The van der Waals surface area contributed by atoms with Crippen LogP contribution in [0.25, 0.3) is 16.7 Å². The third-order valence-electron chi connectivity index (χ3n) is 4.19. The lowest BCUT2D eigenvalue weighted by Gasteiger charge is -2.12. The van der Waals surface area contributed by atoms with Gasteiger partial charge in [0.25, 0.3) is 5.91 Å². The molecule has 0 unspecified atom stereocenters. The standard InChI is InChI=1S/C20H16F2N6O2/c1-20(21,22)19(29)25-16-9-5-6-14(24-16)12-30-17-10-13-11-23-27-26-18(13)28(17)15-7-3-2-4-8-15/h2-11H,12H2,1H3,(H,24,25,29). The molecule has 0 spiro atoms. The van der Waals surface area contributed by atoms with Gasteiger partial charge in [0, 0.05) is 18.4 Å². The van der Waals surface area contributed by atoms with Crippen LogP contribution in [0.15, 0.2) is 60.8 Å². The zero-order valence-corrected chi connectivity index (χ0v) is 15.8. The van der Waals surface area contributed by atoms with Crippen molar-refractivity contribution < 1.29 is 18.3 Å². The number of pyridine rings is 1. The number of aromatic nitrogens is 5. The number of nitrogens with zero attached hydrogens (tertiary/aromatic N) is 5. The van der Waals surface area contributed by atoms with Crippen molar-refractivity contribution in [2.75, 3.05) is 5.32 Å². The van der Waals surface area contributed by atoms with Crippen LogP contribution >= 0.6 is 0 Å². The first-order valence-electron chi connectivity index (χ1n) is 8.95. The molecule has 0 saturated carbocycles. The number of rotatable bonds is 6. The van der Waals surface area contributed by atoms with Crippen molar-refractivity contribution in [3.63, 3.8) is 0 Å². The number of ether oxygens (including phenoxy) is 1. The molecule has 10 heteroatoms. The van der Waals surface area contributed by atoms with Crippen molar-refractivity contribution in [3.8, 4) is 11.6 Å². The molecular formula is C20H16F2N6O2. The Balaban J connectivity index is 1.59. The summed E-state index contributed by atoms with van der Waals surface area (Å²) in [5.41, 5.74) is 1.84. The van der Waals surface area contributed by atoms with Crippen molar-refractivity contribution in [1.29, 1.82) is 0 Å². The number of amides is 1. The van der Waals surface area contributed by atoms with Gasteiger partial charge in [-0.3, -0.25) is 9.36 Å². The topological polar surface area (TPSA) is 94.8 Å². The van der Waals surface area contributed by atoms with Gasteiger partial charge in [-0.1, -0.05) is 24.3 Å². The highest BCUT2D eigenvalue weighted by Gasteiger charge is 2.32. The average molecular weight is 410 g/mol. The number of nitrogens with one attached hydrogen (secondary N) is 1. The molecule has 0 fully saturated rings. The zero-order chi connectivity index (χ0) is 21.1. The van der Waals surface area contributed by atoms with Crippen molar-refractivity contribution in [2.45, 2.75) is 19.5 Å². The van der Waals surface area contributed by atoms with Gasteiger partial charge in [-0.15, -0.1) is 10.2 Å². The van der Waals surface area contributed by atoms with E-state index in [1.807, 2.05) is 30.3 Å². The van der Waals surface area contributed by atoms with Crippen LogP contribution in [0.1, 0.15) is 12.6 Å². The van der Waals surface area contributed by atoms with Crippen LogP contribution in [0.5, 0.6) is 5.88 Å². The molecule has 30 heavy (non-hydrogen) atoms. The minimum atomic E-state index is -3.50. The molecule has 0 saturated heterocycles. The molecule has 4 aromatic rings. The fourth-order valence-corrected chi connectivity index (χ4v) is 2.79. The predicted molar refractivity (Wildman–Crippen MR) is 104 cm³/mol. The Labute approximate surface area is 169 Å². The normalized spacial score (nSPS) is 11.4. The Morgan fingerprint density at radius 2 is 1.97 bits per heavy atom. The van der Waals surface area contributed by atoms with Crippen molar-refractivity contribution >= 4 is 22.8 Å². The van der Waals surface area contributed by atoms with Crippen LogP contribution in [0.2, 0.25) is 0 Å². The van der Waals surface area contributed by atoms with Crippen LogP contribution < -0.4 is 10.1 Å². The molecule has 0 aliphatic heterocycles. The van der Waals surface area contributed by atoms with E-state index in [1.54, 1.807) is 29.0 Å². The van der Waals surface area contributed by atoms with Crippen molar-refractivity contribution in [3.05, 3.63) is 66.5 Å². The minimum absolute atomic E-state index is 0.0151. The zero-order valence-electron chi connectivity index (χ0n) is 15.8. The molecule has 0 aliphatic carbocycles. The molecule has 0 radical (unpaired) electrons. The SMILES string of the molecule is CC(F)(F)C(=O)Nc1cccc(COc2cc3cnnnc3n2-c2ccccc2)n1. The highest BCUT2D eigenvalue weighted by Crippen LogP contribution is 2.28. The Bertz CT molecular complexity index is 1190. The number of carbonyl (C=O) groups excluding carboxylic acids is 1. The minimum Gasteiger partial charge on any atom is -0.472 e. The Morgan fingerprint density at radius 3 is 2.73 bits per heavy atom.